The van der Waals surface area contributed by atoms with Crippen molar-refractivity contribution in [1.82, 2.24) is 9.97 Å². The van der Waals surface area contributed by atoms with Gasteiger partial charge in [0.1, 0.15) is 5.82 Å². The molecule has 2 aromatic carbocycles. The first-order valence-electron chi connectivity index (χ1n) is 6.40. The Balaban J connectivity index is 1.76. The number of aromatic amines is 1. The Hall–Kier alpha value is -1.61. The Morgan fingerprint density at radius 2 is 1.84 bits per heavy atom. The molecule has 3 aromatic rings. The van der Waals surface area contributed by atoms with Gasteiger partial charge in [-0.1, -0.05) is 45.8 Å². The molecule has 3 heteroatoms. The van der Waals surface area contributed by atoms with Crippen LogP contribution in [0.4, 0.5) is 0 Å². The van der Waals surface area contributed by atoms with Crippen molar-refractivity contribution >= 4 is 27.0 Å². The molecule has 96 valence electrons. The molecule has 1 aromatic heterocycles. The lowest BCUT2D eigenvalue weighted by Crippen LogP contribution is -1.93. The molecule has 0 bridgehead atoms. The third kappa shape index (κ3) is 2.87. The number of nitrogens with one attached hydrogen (secondary N) is 1. The summed E-state index contributed by atoms with van der Waals surface area (Å²) in [7, 11) is 0. The van der Waals surface area contributed by atoms with E-state index in [9.17, 15) is 0 Å². The molecular formula is C16H15BrN2. The fourth-order valence-electron chi connectivity index (χ4n) is 2.17. The van der Waals surface area contributed by atoms with Crippen LogP contribution < -0.4 is 0 Å². The quantitative estimate of drug-likeness (QED) is 0.761. The minimum absolute atomic E-state index is 0.940. The highest BCUT2D eigenvalue weighted by Gasteiger charge is 2.03. The summed E-state index contributed by atoms with van der Waals surface area (Å²) in [4.78, 5) is 7.99. The number of halogens is 1. The number of hydrogen-bond donors (Lipinski definition) is 1. The fraction of sp³-hybridized carbons (Fsp3) is 0.188. The molecule has 19 heavy (non-hydrogen) atoms. The van der Waals surface area contributed by atoms with Gasteiger partial charge in [-0.2, -0.15) is 0 Å². The molecule has 2 nitrogen and oxygen atoms in total. The summed E-state index contributed by atoms with van der Waals surface area (Å²) in [5, 5.41) is 0. The van der Waals surface area contributed by atoms with Crippen LogP contribution >= 0.6 is 15.9 Å². The smallest absolute Gasteiger partial charge is 0.107 e. The normalized spacial score (nSPS) is 11.1. The van der Waals surface area contributed by atoms with E-state index in [4.69, 9.17) is 0 Å². The van der Waals surface area contributed by atoms with Crippen molar-refractivity contribution in [1.29, 1.82) is 0 Å². The highest BCUT2D eigenvalue weighted by Crippen LogP contribution is 2.18. The fourth-order valence-corrected chi connectivity index (χ4v) is 2.53. The number of hydrogen-bond acceptors (Lipinski definition) is 1. The number of aromatic nitrogens is 2. The SMILES string of the molecule is Cc1ccc(CCc2nc3ccc(Br)cc3[nH]2)cc1. The summed E-state index contributed by atoms with van der Waals surface area (Å²) in [6.45, 7) is 2.11. The van der Waals surface area contributed by atoms with Crippen LogP contribution in [0.2, 0.25) is 0 Å². The van der Waals surface area contributed by atoms with Crippen molar-refractivity contribution in [2.24, 2.45) is 0 Å². The van der Waals surface area contributed by atoms with Crippen LogP contribution in [0, 0.1) is 6.92 Å². The van der Waals surface area contributed by atoms with E-state index < -0.39 is 0 Å². The van der Waals surface area contributed by atoms with E-state index in [-0.39, 0.29) is 0 Å². The topological polar surface area (TPSA) is 28.7 Å². The van der Waals surface area contributed by atoms with Crippen LogP contribution in [0.15, 0.2) is 46.9 Å². The highest BCUT2D eigenvalue weighted by atomic mass is 79.9. The van der Waals surface area contributed by atoms with E-state index in [2.05, 4.69) is 63.2 Å². The van der Waals surface area contributed by atoms with Gasteiger partial charge < -0.3 is 4.98 Å². The highest BCUT2D eigenvalue weighted by molar-refractivity contribution is 9.10. The molecule has 0 saturated heterocycles. The second kappa shape index (κ2) is 5.17. The maximum Gasteiger partial charge on any atom is 0.107 e. The summed E-state index contributed by atoms with van der Waals surface area (Å²) in [6.07, 6.45) is 1.95. The zero-order valence-corrected chi connectivity index (χ0v) is 12.4. The molecule has 0 unspecified atom stereocenters. The predicted octanol–water partition coefficient (Wildman–Crippen LogP) is 4.42. The largest absolute Gasteiger partial charge is 0.342 e. The summed E-state index contributed by atoms with van der Waals surface area (Å²) >= 11 is 3.48. The maximum atomic E-state index is 4.61. The van der Waals surface area contributed by atoms with Gasteiger partial charge in [0.25, 0.3) is 0 Å². The van der Waals surface area contributed by atoms with Gasteiger partial charge in [-0.25, -0.2) is 4.98 Å². The number of rotatable bonds is 3. The van der Waals surface area contributed by atoms with Crippen LogP contribution in [0.3, 0.4) is 0 Å². The molecular weight excluding hydrogens is 300 g/mol. The summed E-state index contributed by atoms with van der Waals surface area (Å²) < 4.78 is 1.08. The van der Waals surface area contributed by atoms with Crippen molar-refractivity contribution in [2.45, 2.75) is 19.8 Å². The molecule has 3 rings (SSSR count). The number of H-pyrrole nitrogens is 1. The molecule has 0 amide bonds. The lowest BCUT2D eigenvalue weighted by atomic mass is 10.1. The van der Waals surface area contributed by atoms with Crippen molar-refractivity contribution in [3.8, 4) is 0 Å². The van der Waals surface area contributed by atoms with Gasteiger partial charge in [0.15, 0.2) is 0 Å². The third-order valence-corrected chi connectivity index (χ3v) is 3.76. The third-order valence-electron chi connectivity index (χ3n) is 3.26. The zero-order chi connectivity index (χ0) is 13.2. The molecule has 1 N–H and O–H groups in total. The molecule has 0 aliphatic carbocycles. The number of imidazole rings is 1. The average Bonchev–Trinajstić information content (AvgIpc) is 2.80. The molecule has 0 spiro atoms. The van der Waals surface area contributed by atoms with Crippen molar-refractivity contribution in [2.75, 3.05) is 0 Å². The van der Waals surface area contributed by atoms with Gasteiger partial charge in [0.2, 0.25) is 0 Å². The first kappa shape index (κ1) is 12.4. The lowest BCUT2D eigenvalue weighted by molar-refractivity contribution is 0.889. The van der Waals surface area contributed by atoms with E-state index in [0.717, 1.165) is 34.2 Å². The van der Waals surface area contributed by atoms with Crippen molar-refractivity contribution in [3.05, 3.63) is 63.9 Å². The molecule has 0 atom stereocenters. The molecule has 0 aliphatic rings. The first-order valence-corrected chi connectivity index (χ1v) is 7.20. The molecule has 1 heterocycles. The van der Waals surface area contributed by atoms with Crippen LogP contribution in [0.25, 0.3) is 11.0 Å². The van der Waals surface area contributed by atoms with Crippen LogP contribution in [-0.4, -0.2) is 9.97 Å². The van der Waals surface area contributed by atoms with Gasteiger partial charge in [-0.15, -0.1) is 0 Å². The summed E-state index contributed by atoms with van der Waals surface area (Å²) in [5.41, 5.74) is 4.78. The van der Waals surface area contributed by atoms with Crippen LogP contribution in [0.1, 0.15) is 17.0 Å². The minimum atomic E-state index is 0.940. The standard InChI is InChI=1S/C16H15BrN2/c1-11-2-4-12(5-3-11)6-9-16-18-14-8-7-13(17)10-15(14)19-16/h2-5,7-8,10H,6,9H2,1H3,(H,18,19). The van der Waals surface area contributed by atoms with Gasteiger partial charge in [-0.05, 0) is 37.1 Å². The zero-order valence-electron chi connectivity index (χ0n) is 10.8. The number of benzene rings is 2. The summed E-state index contributed by atoms with van der Waals surface area (Å²) in [5.74, 6) is 1.05. The van der Waals surface area contributed by atoms with E-state index >= 15 is 0 Å². The Morgan fingerprint density at radius 3 is 2.63 bits per heavy atom. The average molecular weight is 315 g/mol. The van der Waals surface area contributed by atoms with Crippen molar-refractivity contribution in [3.63, 3.8) is 0 Å². The monoisotopic (exact) mass is 314 g/mol. The Labute approximate surface area is 121 Å². The molecule has 0 aliphatic heterocycles. The molecule has 0 fully saturated rings. The number of fused-ring (bicyclic) bond motifs is 1. The van der Waals surface area contributed by atoms with Crippen LogP contribution in [-0.2, 0) is 12.8 Å². The Morgan fingerprint density at radius 1 is 1.05 bits per heavy atom. The van der Waals surface area contributed by atoms with Crippen molar-refractivity contribution < 1.29 is 0 Å². The second-order valence-corrected chi connectivity index (χ2v) is 5.75. The van der Waals surface area contributed by atoms with E-state index in [1.54, 1.807) is 0 Å². The second-order valence-electron chi connectivity index (χ2n) is 4.83. The summed E-state index contributed by atoms with van der Waals surface area (Å²) in [6, 6.07) is 14.8. The van der Waals surface area contributed by atoms with Gasteiger partial charge in [0, 0.05) is 10.9 Å². The van der Waals surface area contributed by atoms with Gasteiger partial charge in [0.05, 0.1) is 11.0 Å². The number of nitrogens with zero attached hydrogens (tertiary/aromatic N) is 1. The van der Waals surface area contributed by atoms with E-state index in [1.807, 2.05) is 12.1 Å². The van der Waals surface area contributed by atoms with Crippen LogP contribution in [0.5, 0.6) is 0 Å². The molecule has 0 saturated carbocycles. The minimum Gasteiger partial charge on any atom is -0.342 e. The lowest BCUT2D eigenvalue weighted by Gasteiger charge is -1.99. The molecule has 0 radical (unpaired) electrons. The maximum absolute atomic E-state index is 4.61. The van der Waals surface area contributed by atoms with E-state index in [0.29, 0.717) is 0 Å². The first-order chi connectivity index (χ1) is 9.20. The Kier molecular flexibility index (Phi) is 3.38. The van der Waals surface area contributed by atoms with E-state index in [1.165, 1.54) is 11.1 Å². The Bertz CT molecular complexity index is 698. The number of aryl methyl sites for hydroxylation is 3. The predicted molar refractivity (Wildman–Crippen MR) is 82.4 cm³/mol. The van der Waals surface area contributed by atoms with Gasteiger partial charge >= 0.3 is 0 Å². The van der Waals surface area contributed by atoms with Gasteiger partial charge in [-0.3, -0.25) is 0 Å².